The number of rotatable bonds is 4. The number of thioether (sulfide) groups is 1. The molecule has 4 rings (SSSR count). The van der Waals surface area contributed by atoms with Gasteiger partial charge in [0, 0.05) is 50.0 Å². The minimum atomic E-state index is 0.0568. The first kappa shape index (κ1) is 17.4. The summed E-state index contributed by atoms with van der Waals surface area (Å²) in [5.74, 6) is 1.03. The Morgan fingerprint density at radius 3 is 2.46 bits per heavy atom. The van der Waals surface area contributed by atoms with Crippen molar-refractivity contribution in [1.29, 1.82) is 0 Å². The Morgan fingerprint density at radius 1 is 1.04 bits per heavy atom. The maximum absolute atomic E-state index is 12.6. The number of carbonyl (C=O) groups excluding carboxylic acids is 3. The molecule has 1 saturated heterocycles. The Morgan fingerprint density at radius 2 is 1.73 bits per heavy atom. The number of para-hydroxylation sites is 1. The molecule has 6 nitrogen and oxygen atoms in total. The van der Waals surface area contributed by atoms with Gasteiger partial charge in [-0.3, -0.25) is 14.4 Å². The van der Waals surface area contributed by atoms with E-state index in [9.17, 15) is 14.4 Å². The molecular formula is C19H23N3O3S. The van der Waals surface area contributed by atoms with Crippen LogP contribution in [0.1, 0.15) is 19.3 Å². The van der Waals surface area contributed by atoms with E-state index in [1.165, 1.54) is 0 Å². The molecule has 0 radical (unpaired) electrons. The van der Waals surface area contributed by atoms with Crippen LogP contribution in [-0.2, 0) is 14.4 Å². The van der Waals surface area contributed by atoms with E-state index < -0.39 is 0 Å². The van der Waals surface area contributed by atoms with Crippen LogP contribution < -0.4 is 4.90 Å². The summed E-state index contributed by atoms with van der Waals surface area (Å²) in [6.07, 6.45) is 2.35. The van der Waals surface area contributed by atoms with Gasteiger partial charge in [0.15, 0.2) is 0 Å². The first-order chi connectivity index (χ1) is 12.6. The summed E-state index contributed by atoms with van der Waals surface area (Å²) >= 11 is 1.55. The highest BCUT2D eigenvalue weighted by molar-refractivity contribution is 8.00. The lowest BCUT2D eigenvalue weighted by atomic mass is 10.2. The molecule has 26 heavy (non-hydrogen) atoms. The number of nitrogens with zero attached hydrogens (tertiary/aromatic N) is 3. The van der Waals surface area contributed by atoms with Crippen LogP contribution in [0, 0.1) is 5.92 Å². The molecular weight excluding hydrogens is 350 g/mol. The van der Waals surface area contributed by atoms with Gasteiger partial charge < -0.3 is 14.7 Å². The molecule has 7 heteroatoms. The summed E-state index contributed by atoms with van der Waals surface area (Å²) in [6, 6.07) is 7.83. The largest absolute Gasteiger partial charge is 0.339 e. The van der Waals surface area contributed by atoms with Crippen molar-refractivity contribution >= 4 is 35.2 Å². The predicted molar refractivity (Wildman–Crippen MR) is 100 cm³/mol. The van der Waals surface area contributed by atoms with Gasteiger partial charge in [0.25, 0.3) is 0 Å². The summed E-state index contributed by atoms with van der Waals surface area (Å²) in [5, 5.41) is 0. The van der Waals surface area contributed by atoms with Crippen molar-refractivity contribution in [2.24, 2.45) is 5.92 Å². The molecule has 2 fully saturated rings. The van der Waals surface area contributed by atoms with Crippen molar-refractivity contribution in [3.63, 3.8) is 0 Å². The molecule has 1 aromatic rings. The van der Waals surface area contributed by atoms with Gasteiger partial charge in [0.05, 0.1) is 11.4 Å². The van der Waals surface area contributed by atoms with Crippen LogP contribution in [0.4, 0.5) is 5.69 Å². The van der Waals surface area contributed by atoms with Crippen LogP contribution in [0.15, 0.2) is 29.2 Å². The molecule has 0 N–H and O–H groups in total. The predicted octanol–water partition coefficient (Wildman–Crippen LogP) is 1.60. The lowest BCUT2D eigenvalue weighted by molar-refractivity contribution is -0.140. The molecule has 3 aliphatic rings. The van der Waals surface area contributed by atoms with E-state index >= 15 is 0 Å². The molecule has 1 aliphatic carbocycles. The monoisotopic (exact) mass is 373 g/mol. The quantitative estimate of drug-likeness (QED) is 0.804. The Balaban J connectivity index is 1.30. The third-order valence-corrected chi connectivity index (χ3v) is 6.28. The van der Waals surface area contributed by atoms with Crippen LogP contribution in [0.3, 0.4) is 0 Å². The molecule has 2 aliphatic heterocycles. The zero-order valence-electron chi connectivity index (χ0n) is 14.7. The van der Waals surface area contributed by atoms with E-state index in [1.54, 1.807) is 16.7 Å². The lowest BCUT2D eigenvalue weighted by Crippen LogP contribution is -2.51. The van der Waals surface area contributed by atoms with Crippen LogP contribution in [0.25, 0.3) is 0 Å². The van der Waals surface area contributed by atoms with Crippen molar-refractivity contribution < 1.29 is 14.4 Å². The van der Waals surface area contributed by atoms with Crippen molar-refractivity contribution in [2.45, 2.75) is 24.2 Å². The highest BCUT2D eigenvalue weighted by Crippen LogP contribution is 2.35. The summed E-state index contributed by atoms with van der Waals surface area (Å²) in [7, 11) is 0. The zero-order valence-corrected chi connectivity index (χ0v) is 15.5. The maximum Gasteiger partial charge on any atom is 0.237 e. The number of anilines is 1. The SMILES string of the molecule is O=C(CCN1C(=O)CSc2ccccc21)N1CCN(C(=O)C2CC2)CC1. The number of fused-ring (bicyclic) bond motifs is 1. The highest BCUT2D eigenvalue weighted by atomic mass is 32.2. The third-order valence-electron chi connectivity index (χ3n) is 5.23. The van der Waals surface area contributed by atoms with Gasteiger partial charge in [-0.05, 0) is 25.0 Å². The standard InChI is InChI=1S/C19H23N3O3S/c23-17(20-9-11-21(12-10-20)19(25)14-5-6-14)7-8-22-15-3-1-2-4-16(15)26-13-18(22)24/h1-4,14H,5-13H2. The van der Waals surface area contributed by atoms with Crippen LogP contribution in [0.2, 0.25) is 0 Å². The second kappa shape index (κ2) is 7.31. The van der Waals surface area contributed by atoms with Crippen molar-refractivity contribution in [1.82, 2.24) is 9.80 Å². The van der Waals surface area contributed by atoms with Gasteiger partial charge >= 0.3 is 0 Å². The van der Waals surface area contributed by atoms with E-state index in [1.807, 2.05) is 34.1 Å². The topological polar surface area (TPSA) is 60.9 Å². The van der Waals surface area contributed by atoms with Crippen LogP contribution in [-0.4, -0.2) is 66.0 Å². The van der Waals surface area contributed by atoms with Crippen LogP contribution in [0.5, 0.6) is 0 Å². The number of carbonyl (C=O) groups is 3. The van der Waals surface area contributed by atoms with Crippen molar-refractivity contribution in [2.75, 3.05) is 43.4 Å². The minimum Gasteiger partial charge on any atom is -0.339 e. The average molecular weight is 373 g/mol. The first-order valence-electron chi connectivity index (χ1n) is 9.22. The van der Waals surface area contributed by atoms with E-state index in [2.05, 4.69) is 0 Å². The molecule has 3 amide bonds. The third kappa shape index (κ3) is 3.58. The Kier molecular flexibility index (Phi) is 4.89. The maximum atomic E-state index is 12.6. The molecule has 0 atom stereocenters. The van der Waals surface area contributed by atoms with Crippen LogP contribution >= 0.6 is 11.8 Å². The molecule has 0 aromatic heterocycles. The molecule has 2 heterocycles. The number of benzene rings is 1. The zero-order chi connectivity index (χ0) is 18.1. The van der Waals surface area contributed by atoms with Gasteiger partial charge in [-0.1, -0.05) is 12.1 Å². The Bertz CT molecular complexity index is 726. The molecule has 0 spiro atoms. The van der Waals surface area contributed by atoms with Crippen molar-refractivity contribution in [3.05, 3.63) is 24.3 Å². The van der Waals surface area contributed by atoms with Gasteiger partial charge in [-0.2, -0.15) is 0 Å². The highest BCUT2D eigenvalue weighted by Gasteiger charge is 2.35. The second-order valence-corrected chi connectivity index (χ2v) is 8.05. The fraction of sp³-hybridized carbons (Fsp3) is 0.526. The fourth-order valence-electron chi connectivity index (χ4n) is 3.53. The minimum absolute atomic E-state index is 0.0568. The lowest BCUT2D eigenvalue weighted by Gasteiger charge is -2.35. The molecule has 0 bridgehead atoms. The summed E-state index contributed by atoms with van der Waals surface area (Å²) < 4.78 is 0. The molecule has 1 aromatic carbocycles. The van der Waals surface area contributed by atoms with Gasteiger partial charge in [0.2, 0.25) is 17.7 Å². The number of hydrogen-bond acceptors (Lipinski definition) is 4. The normalized spacial score (nSPS) is 20.2. The summed E-state index contributed by atoms with van der Waals surface area (Å²) in [5.41, 5.74) is 0.904. The average Bonchev–Trinajstić information content (AvgIpc) is 3.52. The van der Waals surface area contributed by atoms with E-state index in [0.29, 0.717) is 44.9 Å². The second-order valence-electron chi connectivity index (χ2n) is 7.03. The fourth-order valence-corrected chi connectivity index (χ4v) is 4.47. The number of piperazine rings is 1. The van der Waals surface area contributed by atoms with Gasteiger partial charge in [-0.25, -0.2) is 0 Å². The molecule has 1 saturated carbocycles. The van der Waals surface area contributed by atoms with Crippen molar-refractivity contribution in [3.8, 4) is 0 Å². The number of hydrogen-bond donors (Lipinski definition) is 0. The summed E-state index contributed by atoms with van der Waals surface area (Å²) in [6.45, 7) is 2.86. The van der Waals surface area contributed by atoms with Gasteiger partial charge in [0.1, 0.15) is 0 Å². The molecule has 0 unspecified atom stereocenters. The van der Waals surface area contributed by atoms with E-state index in [0.717, 1.165) is 23.4 Å². The van der Waals surface area contributed by atoms with Gasteiger partial charge in [-0.15, -0.1) is 11.8 Å². The summed E-state index contributed by atoms with van der Waals surface area (Å²) in [4.78, 5) is 43.5. The Hall–Kier alpha value is -2.02. The smallest absolute Gasteiger partial charge is 0.237 e. The first-order valence-corrected chi connectivity index (χ1v) is 10.2. The number of amides is 3. The molecule has 138 valence electrons. The van der Waals surface area contributed by atoms with E-state index in [-0.39, 0.29) is 23.6 Å². The van der Waals surface area contributed by atoms with E-state index in [4.69, 9.17) is 0 Å². The Labute approximate surface area is 157 Å².